The second kappa shape index (κ2) is 5.17. The molecule has 1 atom stereocenters. The maximum atomic E-state index is 11.6. The summed E-state index contributed by atoms with van der Waals surface area (Å²) < 4.78 is 0. The largest absolute Gasteiger partial charge is 0.338 e. The lowest BCUT2D eigenvalue weighted by Gasteiger charge is -2.34. The van der Waals surface area contributed by atoms with Gasteiger partial charge in [-0.2, -0.15) is 0 Å². The Bertz CT molecular complexity index is 693. The molecule has 3 heteroatoms. The second-order valence-electron chi connectivity index (χ2n) is 5.67. The molecule has 1 aliphatic rings. The molecule has 0 N–H and O–H groups in total. The molecule has 3 nitrogen and oxygen atoms in total. The van der Waals surface area contributed by atoms with E-state index in [1.54, 1.807) is 4.90 Å². The van der Waals surface area contributed by atoms with Crippen LogP contribution in [0.5, 0.6) is 0 Å². The SMILES string of the molecule is CN1CC(C)(c2cccc(-c3ccccc3)c2)N=CC1=O. The minimum atomic E-state index is -0.381. The van der Waals surface area contributed by atoms with Crippen molar-refractivity contribution in [2.75, 3.05) is 13.6 Å². The van der Waals surface area contributed by atoms with Crippen LogP contribution in [-0.2, 0) is 10.3 Å². The summed E-state index contributed by atoms with van der Waals surface area (Å²) in [5.74, 6) is -0.0355. The molecule has 106 valence electrons. The van der Waals surface area contributed by atoms with Gasteiger partial charge in [-0.1, -0.05) is 48.5 Å². The molecular weight excluding hydrogens is 260 g/mol. The number of benzene rings is 2. The number of hydrogen-bond donors (Lipinski definition) is 0. The van der Waals surface area contributed by atoms with Crippen LogP contribution in [0.1, 0.15) is 12.5 Å². The van der Waals surface area contributed by atoms with E-state index < -0.39 is 0 Å². The van der Waals surface area contributed by atoms with Crippen molar-refractivity contribution < 1.29 is 4.79 Å². The summed E-state index contributed by atoms with van der Waals surface area (Å²) in [4.78, 5) is 17.8. The number of carbonyl (C=O) groups excluding carboxylic acids is 1. The van der Waals surface area contributed by atoms with E-state index in [9.17, 15) is 4.79 Å². The van der Waals surface area contributed by atoms with Gasteiger partial charge in [-0.15, -0.1) is 0 Å². The summed E-state index contributed by atoms with van der Waals surface area (Å²) in [5, 5.41) is 0. The summed E-state index contributed by atoms with van der Waals surface area (Å²) in [6.45, 7) is 2.66. The molecule has 0 saturated heterocycles. The molecule has 0 spiro atoms. The van der Waals surface area contributed by atoms with Crippen molar-refractivity contribution >= 4 is 12.1 Å². The van der Waals surface area contributed by atoms with Crippen LogP contribution in [0.15, 0.2) is 59.6 Å². The average molecular weight is 278 g/mol. The minimum absolute atomic E-state index is 0.0355. The molecule has 0 bridgehead atoms. The van der Waals surface area contributed by atoms with Crippen molar-refractivity contribution in [1.82, 2.24) is 4.90 Å². The van der Waals surface area contributed by atoms with Crippen LogP contribution in [0.2, 0.25) is 0 Å². The van der Waals surface area contributed by atoms with Crippen LogP contribution in [-0.4, -0.2) is 30.6 Å². The number of aliphatic imine (C=N–C) groups is 1. The Morgan fingerprint density at radius 1 is 1.05 bits per heavy atom. The number of hydrogen-bond acceptors (Lipinski definition) is 2. The lowest BCUT2D eigenvalue weighted by molar-refractivity contribution is -0.123. The van der Waals surface area contributed by atoms with E-state index >= 15 is 0 Å². The zero-order valence-corrected chi connectivity index (χ0v) is 12.3. The fourth-order valence-electron chi connectivity index (χ4n) is 2.71. The zero-order valence-electron chi connectivity index (χ0n) is 12.3. The molecule has 0 fully saturated rings. The molecule has 21 heavy (non-hydrogen) atoms. The van der Waals surface area contributed by atoms with E-state index in [4.69, 9.17) is 0 Å². The Morgan fingerprint density at radius 2 is 1.76 bits per heavy atom. The fraction of sp³-hybridized carbons (Fsp3) is 0.222. The van der Waals surface area contributed by atoms with Gasteiger partial charge < -0.3 is 4.90 Å². The first-order valence-corrected chi connectivity index (χ1v) is 7.05. The second-order valence-corrected chi connectivity index (χ2v) is 5.67. The fourth-order valence-corrected chi connectivity index (χ4v) is 2.71. The standard InChI is InChI=1S/C18H18N2O/c1-18(13-20(2)17(21)12-19-18)16-10-6-9-15(11-16)14-7-4-3-5-8-14/h3-12H,13H2,1-2H3. The molecule has 1 amide bonds. The van der Waals surface area contributed by atoms with Gasteiger partial charge >= 0.3 is 0 Å². The summed E-state index contributed by atoms with van der Waals surface area (Å²) in [7, 11) is 1.81. The number of carbonyl (C=O) groups is 1. The van der Waals surface area contributed by atoms with Crippen LogP contribution in [0.25, 0.3) is 11.1 Å². The van der Waals surface area contributed by atoms with Crippen molar-refractivity contribution in [2.45, 2.75) is 12.5 Å². The van der Waals surface area contributed by atoms with Gasteiger partial charge in [0.05, 0.1) is 6.21 Å². The molecule has 1 unspecified atom stereocenters. The summed E-state index contributed by atoms with van der Waals surface area (Å²) >= 11 is 0. The molecule has 0 aromatic heterocycles. The molecule has 1 aliphatic heterocycles. The molecule has 2 aromatic rings. The number of rotatable bonds is 2. The highest BCUT2D eigenvalue weighted by molar-refractivity contribution is 6.26. The smallest absolute Gasteiger partial charge is 0.264 e. The van der Waals surface area contributed by atoms with Crippen molar-refractivity contribution in [3.8, 4) is 11.1 Å². The van der Waals surface area contributed by atoms with E-state index in [2.05, 4.69) is 48.3 Å². The Balaban J connectivity index is 2.01. The highest BCUT2D eigenvalue weighted by atomic mass is 16.2. The topological polar surface area (TPSA) is 32.7 Å². The first kappa shape index (κ1) is 13.6. The highest BCUT2D eigenvalue weighted by Gasteiger charge is 2.32. The van der Waals surface area contributed by atoms with Gasteiger partial charge in [-0.25, -0.2) is 0 Å². The minimum Gasteiger partial charge on any atom is -0.338 e. The first-order valence-electron chi connectivity index (χ1n) is 7.05. The predicted octanol–water partition coefficient (Wildman–Crippen LogP) is 3.11. The molecular formula is C18H18N2O. The van der Waals surface area contributed by atoms with Gasteiger partial charge in [0, 0.05) is 13.6 Å². The van der Waals surface area contributed by atoms with E-state index in [0.717, 1.165) is 5.56 Å². The lowest BCUT2D eigenvalue weighted by Crippen LogP contribution is -2.43. The Labute approximate surface area is 124 Å². The molecule has 1 heterocycles. The molecule has 2 aromatic carbocycles. The number of likely N-dealkylation sites (N-methyl/N-ethyl adjacent to an activating group) is 1. The van der Waals surface area contributed by atoms with Gasteiger partial charge in [-0.05, 0) is 29.7 Å². The van der Waals surface area contributed by atoms with Crippen LogP contribution >= 0.6 is 0 Å². The van der Waals surface area contributed by atoms with Crippen molar-refractivity contribution in [3.05, 3.63) is 60.2 Å². The predicted molar refractivity (Wildman–Crippen MR) is 85.4 cm³/mol. The molecule has 0 saturated carbocycles. The Morgan fingerprint density at radius 3 is 2.48 bits per heavy atom. The van der Waals surface area contributed by atoms with Crippen molar-refractivity contribution in [2.24, 2.45) is 4.99 Å². The van der Waals surface area contributed by atoms with E-state index in [0.29, 0.717) is 6.54 Å². The monoisotopic (exact) mass is 278 g/mol. The van der Waals surface area contributed by atoms with Gasteiger partial charge in [0.25, 0.3) is 5.91 Å². The van der Waals surface area contributed by atoms with Gasteiger partial charge in [-0.3, -0.25) is 9.79 Å². The quantitative estimate of drug-likeness (QED) is 0.830. The molecule has 3 rings (SSSR count). The van der Waals surface area contributed by atoms with Crippen LogP contribution in [0.4, 0.5) is 0 Å². The number of amides is 1. The number of nitrogens with zero attached hydrogens (tertiary/aromatic N) is 2. The Kier molecular flexibility index (Phi) is 3.34. The van der Waals surface area contributed by atoms with Gasteiger partial charge in [0.2, 0.25) is 0 Å². The third kappa shape index (κ3) is 2.59. The first-order chi connectivity index (χ1) is 10.1. The third-order valence-corrected chi connectivity index (χ3v) is 3.97. The molecule has 0 radical (unpaired) electrons. The van der Waals surface area contributed by atoms with Crippen LogP contribution in [0.3, 0.4) is 0 Å². The summed E-state index contributed by atoms with van der Waals surface area (Å²) in [6, 6.07) is 18.7. The van der Waals surface area contributed by atoms with E-state index in [1.807, 2.05) is 25.2 Å². The van der Waals surface area contributed by atoms with Crippen molar-refractivity contribution in [1.29, 1.82) is 0 Å². The lowest BCUT2D eigenvalue weighted by atomic mass is 9.89. The van der Waals surface area contributed by atoms with Crippen LogP contribution in [0, 0.1) is 0 Å². The maximum absolute atomic E-state index is 11.6. The van der Waals surface area contributed by atoms with E-state index in [-0.39, 0.29) is 11.4 Å². The summed E-state index contributed by atoms with van der Waals surface area (Å²) in [6.07, 6.45) is 1.43. The van der Waals surface area contributed by atoms with Gasteiger partial charge in [0.1, 0.15) is 5.54 Å². The van der Waals surface area contributed by atoms with Crippen molar-refractivity contribution in [3.63, 3.8) is 0 Å². The summed E-state index contributed by atoms with van der Waals surface area (Å²) in [5.41, 5.74) is 3.10. The molecule has 0 aliphatic carbocycles. The van der Waals surface area contributed by atoms with E-state index in [1.165, 1.54) is 17.3 Å². The van der Waals surface area contributed by atoms with Gasteiger partial charge in [0.15, 0.2) is 0 Å². The highest BCUT2D eigenvalue weighted by Crippen LogP contribution is 2.31. The normalized spacial score (nSPS) is 21.6. The zero-order chi connectivity index (χ0) is 14.9. The van der Waals surface area contributed by atoms with Crippen LogP contribution < -0.4 is 0 Å². The average Bonchev–Trinajstić information content (AvgIpc) is 2.52. The Hall–Kier alpha value is -2.42. The maximum Gasteiger partial charge on any atom is 0.264 e. The third-order valence-electron chi connectivity index (χ3n) is 3.97.